The standard InChI is InChI=1S/C17H19N3O/c1-20(11-14-5-3-4-13(8-14)10-18)12-15-6-7-17(21-2)16(19)9-15/h3-9H,11-12,19H2,1-2H3. The monoisotopic (exact) mass is 281 g/mol. The number of rotatable bonds is 5. The number of hydrogen-bond acceptors (Lipinski definition) is 4. The Labute approximate surface area is 125 Å². The molecule has 2 N–H and O–H groups in total. The summed E-state index contributed by atoms with van der Waals surface area (Å²) < 4.78 is 5.16. The lowest BCUT2D eigenvalue weighted by atomic mass is 10.1. The van der Waals surface area contributed by atoms with Crippen LogP contribution in [0.15, 0.2) is 42.5 Å². The molecule has 0 atom stereocenters. The molecule has 0 aliphatic carbocycles. The van der Waals surface area contributed by atoms with Gasteiger partial charge < -0.3 is 10.5 Å². The van der Waals surface area contributed by atoms with Crippen LogP contribution in [0, 0.1) is 11.3 Å². The highest BCUT2D eigenvalue weighted by Crippen LogP contribution is 2.22. The molecule has 0 aliphatic heterocycles. The Bertz CT molecular complexity index is 661. The van der Waals surface area contributed by atoms with E-state index in [1.807, 2.05) is 49.5 Å². The van der Waals surface area contributed by atoms with Gasteiger partial charge in [0.25, 0.3) is 0 Å². The Hall–Kier alpha value is -2.51. The lowest BCUT2D eigenvalue weighted by Gasteiger charge is -2.17. The normalized spacial score (nSPS) is 10.4. The van der Waals surface area contributed by atoms with E-state index in [-0.39, 0.29) is 0 Å². The highest BCUT2D eigenvalue weighted by atomic mass is 16.5. The molecule has 0 radical (unpaired) electrons. The molecule has 108 valence electrons. The molecule has 0 heterocycles. The summed E-state index contributed by atoms with van der Waals surface area (Å²) in [5, 5.41) is 8.92. The molecule has 0 spiro atoms. The topological polar surface area (TPSA) is 62.3 Å². The Kier molecular flexibility index (Phi) is 4.81. The fourth-order valence-electron chi connectivity index (χ4n) is 2.30. The third-order valence-corrected chi connectivity index (χ3v) is 3.26. The van der Waals surface area contributed by atoms with Crippen molar-refractivity contribution in [2.24, 2.45) is 0 Å². The fraction of sp³-hybridized carbons (Fsp3) is 0.235. The number of benzene rings is 2. The number of nitrogen functional groups attached to an aromatic ring is 1. The van der Waals surface area contributed by atoms with Gasteiger partial charge in [0.15, 0.2) is 0 Å². The van der Waals surface area contributed by atoms with Crippen molar-refractivity contribution in [3.8, 4) is 11.8 Å². The first-order valence-electron chi connectivity index (χ1n) is 6.72. The van der Waals surface area contributed by atoms with Crippen LogP contribution in [0.4, 0.5) is 5.69 Å². The maximum absolute atomic E-state index is 8.92. The molecular formula is C17H19N3O. The maximum atomic E-state index is 8.92. The van der Waals surface area contributed by atoms with Crippen molar-refractivity contribution in [3.05, 3.63) is 59.2 Å². The van der Waals surface area contributed by atoms with Gasteiger partial charge in [-0.05, 0) is 42.4 Å². The van der Waals surface area contributed by atoms with Crippen molar-refractivity contribution in [1.29, 1.82) is 5.26 Å². The second kappa shape index (κ2) is 6.78. The summed E-state index contributed by atoms with van der Waals surface area (Å²) in [6.07, 6.45) is 0. The van der Waals surface area contributed by atoms with Gasteiger partial charge in [0.05, 0.1) is 24.4 Å². The molecule has 2 aromatic rings. The summed E-state index contributed by atoms with van der Waals surface area (Å²) >= 11 is 0. The smallest absolute Gasteiger partial charge is 0.141 e. The maximum Gasteiger partial charge on any atom is 0.141 e. The summed E-state index contributed by atoms with van der Waals surface area (Å²) in [6, 6.07) is 15.7. The zero-order valence-corrected chi connectivity index (χ0v) is 12.3. The van der Waals surface area contributed by atoms with Gasteiger partial charge in [-0.3, -0.25) is 4.90 Å². The van der Waals surface area contributed by atoms with E-state index in [0.717, 1.165) is 24.2 Å². The van der Waals surface area contributed by atoms with Gasteiger partial charge in [0, 0.05) is 13.1 Å². The highest BCUT2D eigenvalue weighted by molar-refractivity contribution is 5.54. The van der Waals surface area contributed by atoms with E-state index in [1.165, 1.54) is 0 Å². The number of hydrogen-bond donors (Lipinski definition) is 1. The fourth-order valence-corrected chi connectivity index (χ4v) is 2.30. The van der Waals surface area contributed by atoms with Crippen molar-refractivity contribution in [2.45, 2.75) is 13.1 Å². The number of ether oxygens (including phenoxy) is 1. The van der Waals surface area contributed by atoms with E-state index in [4.69, 9.17) is 15.7 Å². The molecule has 0 amide bonds. The summed E-state index contributed by atoms with van der Waals surface area (Å²) in [4.78, 5) is 2.18. The highest BCUT2D eigenvalue weighted by Gasteiger charge is 2.05. The molecule has 0 saturated heterocycles. The summed E-state index contributed by atoms with van der Waals surface area (Å²) in [7, 11) is 3.65. The molecule has 21 heavy (non-hydrogen) atoms. The first kappa shape index (κ1) is 14.9. The molecule has 0 bridgehead atoms. The third kappa shape index (κ3) is 3.98. The van der Waals surface area contributed by atoms with Crippen LogP contribution in [-0.2, 0) is 13.1 Å². The summed E-state index contributed by atoms with van der Waals surface area (Å²) in [5.74, 6) is 0.697. The van der Waals surface area contributed by atoms with E-state index >= 15 is 0 Å². The van der Waals surface area contributed by atoms with Crippen LogP contribution in [0.1, 0.15) is 16.7 Å². The van der Waals surface area contributed by atoms with Gasteiger partial charge in [-0.2, -0.15) is 5.26 Å². The number of nitrogens with zero attached hydrogens (tertiary/aromatic N) is 2. The van der Waals surface area contributed by atoms with Crippen LogP contribution in [0.25, 0.3) is 0 Å². The number of methoxy groups -OCH3 is 1. The average molecular weight is 281 g/mol. The average Bonchev–Trinajstić information content (AvgIpc) is 2.47. The zero-order chi connectivity index (χ0) is 15.2. The predicted octanol–water partition coefficient (Wildman–Crippen LogP) is 2.78. The van der Waals surface area contributed by atoms with Crippen LogP contribution in [-0.4, -0.2) is 19.1 Å². The quantitative estimate of drug-likeness (QED) is 0.856. The number of nitriles is 1. The first-order valence-corrected chi connectivity index (χ1v) is 6.72. The molecule has 2 aromatic carbocycles. The Morgan fingerprint density at radius 3 is 2.48 bits per heavy atom. The summed E-state index contributed by atoms with van der Waals surface area (Å²) in [6.45, 7) is 1.56. The minimum Gasteiger partial charge on any atom is -0.495 e. The van der Waals surface area contributed by atoms with Crippen LogP contribution in [0.2, 0.25) is 0 Å². The Morgan fingerprint density at radius 2 is 1.86 bits per heavy atom. The SMILES string of the molecule is COc1ccc(CN(C)Cc2cccc(C#N)c2)cc1N. The largest absolute Gasteiger partial charge is 0.495 e. The van der Waals surface area contributed by atoms with Crippen LogP contribution < -0.4 is 10.5 Å². The van der Waals surface area contributed by atoms with Gasteiger partial charge in [0.1, 0.15) is 5.75 Å². The molecule has 0 saturated carbocycles. The van der Waals surface area contributed by atoms with Gasteiger partial charge in [-0.25, -0.2) is 0 Å². The van der Waals surface area contributed by atoms with E-state index < -0.39 is 0 Å². The molecule has 2 rings (SSSR count). The van der Waals surface area contributed by atoms with E-state index in [2.05, 4.69) is 11.0 Å². The number of nitrogens with two attached hydrogens (primary N) is 1. The van der Waals surface area contributed by atoms with Crippen LogP contribution >= 0.6 is 0 Å². The second-order valence-electron chi connectivity index (χ2n) is 5.06. The minimum atomic E-state index is 0.648. The molecule has 0 unspecified atom stereocenters. The third-order valence-electron chi connectivity index (χ3n) is 3.26. The van der Waals surface area contributed by atoms with E-state index in [0.29, 0.717) is 17.0 Å². The lowest BCUT2D eigenvalue weighted by molar-refractivity contribution is 0.319. The van der Waals surface area contributed by atoms with E-state index in [9.17, 15) is 0 Å². The molecule has 0 fully saturated rings. The summed E-state index contributed by atoms with van der Waals surface area (Å²) in [5.41, 5.74) is 9.51. The van der Waals surface area contributed by atoms with Gasteiger partial charge >= 0.3 is 0 Å². The molecule has 4 heteroatoms. The Morgan fingerprint density at radius 1 is 1.14 bits per heavy atom. The van der Waals surface area contributed by atoms with E-state index in [1.54, 1.807) is 7.11 Å². The molecule has 0 aliphatic rings. The van der Waals surface area contributed by atoms with Crippen molar-refractivity contribution < 1.29 is 4.74 Å². The number of anilines is 1. The van der Waals surface area contributed by atoms with Gasteiger partial charge in [-0.15, -0.1) is 0 Å². The van der Waals surface area contributed by atoms with Gasteiger partial charge in [-0.1, -0.05) is 18.2 Å². The van der Waals surface area contributed by atoms with Crippen molar-refractivity contribution in [2.75, 3.05) is 19.9 Å². The molecule has 4 nitrogen and oxygen atoms in total. The van der Waals surface area contributed by atoms with Crippen molar-refractivity contribution >= 4 is 5.69 Å². The van der Waals surface area contributed by atoms with Crippen molar-refractivity contribution in [1.82, 2.24) is 4.90 Å². The van der Waals surface area contributed by atoms with Gasteiger partial charge in [0.2, 0.25) is 0 Å². The molecular weight excluding hydrogens is 262 g/mol. The predicted molar refractivity (Wildman–Crippen MR) is 83.7 cm³/mol. The van der Waals surface area contributed by atoms with Crippen molar-refractivity contribution in [3.63, 3.8) is 0 Å². The van der Waals surface area contributed by atoms with Crippen LogP contribution in [0.3, 0.4) is 0 Å². The minimum absolute atomic E-state index is 0.648. The Balaban J connectivity index is 2.02. The lowest BCUT2D eigenvalue weighted by Crippen LogP contribution is -2.17. The molecule has 0 aromatic heterocycles. The first-order chi connectivity index (χ1) is 10.1. The second-order valence-corrected chi connectivity index (χ2v) is 5.06. The zero-order valence-electron chi connectivity index (χ0n) is 12.3. The van der Waals surface area contributed by atoms with Crippen LogP contribution in [0.5, 0.6) is 5.75 Å².